The summed E-state index contributed by atoms with van der Waals surface area (Å²) in [5, 5.41) is 9.76. The first kappa shape index (κ1) is 12.4. The van der Waals surface area contributed by atoms with E-state index in [9.17, 15) is 9.59 Å². The summed E-state index contributed by atoms with van der Waals surface area (Å²) in [6.07, 6.45) is 0.191. The van der Waals surface area contributed by atoms with E-state index in [1.54, 1.807) is 31.4 Å². The fourth-order valence-corrected chi connectivity index (χ4v) is 2.11. The summed E-state index contributed by atoms with van der Waals surface area (Å²) in [7, 11) is 1.55. The average Bonchev–Trinajstić information content (AvgIpc) is 2.67. The minimum Gasteiger partial charge on any atom is -0.497 e. The van der Waals surface area contributed by atoms with Crippen LogP contribution in [0.15, 0.2) is 24.3 Å². The Morgan fingerprint density at radius 1 is 1.44 bits per heavy atom. The van der Waals surface area contributed by atoms with Crippen LogP contribution < -0.4 is 10.6 Å². The van der Waals surface area contributed by atoms with E-state index in [4.69, 9.17) is 15.7 Å². The summed E-state index contributed by atoms with van der Waals surface area (Å²) in [5.74, 6) is 4.22. The van der Waals surface area contributed by atoms with Crippen LogP contribution in [0.25, 0.3) is 0 Å². The van der Waals surface area contributed by atoms with E-state index in [0.29, 0.717) is 5.75 Å². The lowest BCUT2D eigenvalue weighted by Crippen LogP contribution is -2.43. The summed E-state index contributed by atoms with van der Waals surface area (Å²) in [4.78, 5) is 22.8. The molecule has 2 rings (SSSR count). The highest BCUT2D eigenvalue weighted by Crippen LogP contribution is 2.32. The molecule has 1 heterocycles. The third kappa shape index (κ3) is 2.02. The second-order valence-corrected chi connectivity index (χ2v) is 4.16. The van der Waals surface area contributed by atoms with Gasteiger partial charge in [0, 0.05) is 0 Å². The molecule has 0 radical (unpaired) electrons. The summed E-state index contributed by atoms with van der Waals surface area (Å²) >= 11 is 0. The Hall–Kier alpha value is -2.08. The number of nitrogens with zero attached hydrogens (tertiary/aromatic N) is 1. The molecule has 0 aliphatic carbocycles. The minimum atomic E-state index is -1.08. The zero-order valence-electron chi connectivity index (χ0n) is 9.87. The summed E-state index contributed by atoms with van der Waals surface area (Å²) in [5.41, 5.74) is 0.750. The summed E-state index contributed by atoms with van der Waals surface area (Å²) in [6.45, 7) is 0. The van der Waals surface area contributed by atoms with Crippen LogP contribution in [0.1, 0.15) is 17.9 Å². The molecule has 6 nitrogen and oxygen atoms in total. The van der Waals surface area contributed by atoms with E-state index in [0.717, 1.165) is 10.6 Å². The van der Waals surface area contributed by atoms with Gasteiger partial charge in [0.2, 0.25) is 5.91 Å². The molecule has 2 atom stereocenters. The maximum Gasteiger partial charge on any atom is 0.328 e. The first-order valence-electron chi connectivity index (χ1n) is 5.49. The van der Waals surface area contributed by atoms with Crippen LogP contribution in [-0.4, -0.2) is 35.1 Å². The van der Waals surface area contributed by atoms with Crippen molar-refractivity contribution in [1.29, 1.82) is 0 Å². The van der Waals surface area contributed by atoms with Crippen LogP contribution in [-0.2, 0) is 9.59 Å². The number of hydrogen-bond acceptors (Lipinski definition) is 4. The number of carbonyl (C=O) groups excluding carboxylic acids is 1. The van der Waals surface area contributed by atoms with Gasteiger partial charge < -0.3 is 9.84 Å². The van der Waals surface area contributed by atoms with Crippen molar-refractivity contribution >= 4 is 11.9 Å². The topological polar surface area (TPSA) is 92.9 Å². The number of amides is 1. The van der Waals surface area contributed by atoms with Crippen LogP contribution in [0.4, 0.5) is 0 Å². The molecule has 0 bridgehead atoms. The van der Waals surface area contributed by atoms with Crippen molar-refractivity contribution in [2.45, 2.75) is 18.4 Å². The molecular formula is C12H14N2O4. The Kier molecular flexibility index (Phi) is 3.20. The van der Waals surface area contributed by atoms with Gasteiger partial charge in [-0.25, -0.2) is 10.6 Å². The monoisotopic (exact) mass is 250 g/mol. The summed E-state index contributed by atoms with van der Waals surface area (Å²) in [6, 6.07) is 6.01. The van der Waals surface area contributed by atoms with Gasteiger partial charge in [0.25, 0.3) is 0 Å². The van der Waals surface area contributed by atoms with Crippen molar-refractivity contribution in [2.75, 3.05) is 7.11 Å². The molecular weight excluding hydrogens is 236 g/mol. The maximum atomic E-state index is 11.9. The normalized spacial score (nSPS) is 23.2. The van der Waals surface area contributed by atoms with Gasteiger partial charge in [-0.1, -0.05) is 12.1 Å². The fraction of sp³-hybridized carbons (Fsp3) is 0.333. The zero-order chi connectivity index (χ0) is 13.3. The van der Waals surface area contributed by atoms with Gasteiger partial charge >= 0.3 is 5.97 Å². The van der Waals surface area contributed by atoms with Crippen LogP contribution in [0.5, 0.6) is 5.75 Å². The van der Waals surface area contributed by atoms with Crippen molar-refractivity contribution in [3.63, 3.8) is 0 Å². The molecule has 0 saturated carbocycles. The predicted octanol–water partition coefficient (Wildman–Crippen LogP) is 0.338. The highest BCUT2D eigenvalue weighted by atomic mass is 16.5. The van der Waals surface area contributed by atoms with Crippen LogP contribution in [0.3, 0.4) is 0 Å². The quantitative estimate of drug-likeness (QED) is 0.596. The maximum absolute atomic E-state index is 11.9. The number of carboxylic acids is 1. The number of aliphatic carboxylic acids is 1. The molecule has 96 valence electrons. The molecule has 0 aromatic heterocycles. The van der Waals surface area contributed by atoms with E-state index >= 15 is 0 Å². The molecule has 0 spiro atoms. The van der Waals surface area contributed by atoms with E-state index < -0.39 is 17.9 Å². The smallest absolute Gasteiger partial charge is 0.328 e. The van der Waals surface area contributed by atoms with Crippen LogP contribution in [0, 0.1) is 0 Å². The largest absolute Gasteiger partial charge is 0.497 e. The number of methoxy groups -OCH3 is 1. The number of hydrazine groups is 1. The van der Waals surface area contributed by atoms with Gasteiger partial charge in [0.1, 0.15) is 11.8 Å². The SMILES string of the molecule is COc1ccc(C2C[C@@H](C(=O)O)N(N)C2=O)cc1. The molecule has 6 heteroatoms. The third-order valence-electron chi connectivity index (χ3n) is 3.15. The predicted molar refractivity (Wildman–Crippen MR) is 62.8 cm³/mol. The number of nitrogens with two attached hydrogens (primary N) is 1. The lowest BCUT2D eigenvalue weighted by Gasteiger charge is -2.13. The highest BCUT2D eigenvalue weighted by Gasteiger charge is 2.42. The first-order chi connectivity index (χ1) is 8.54. The Bertz CT molecular complexity index is 471. The Morgan fingerprint density at radius 2 is 2.06 bits per heavy atom. The zero-order valence-corrected chi connectivity index (χ0v) is 9.87. The van der Waals surface area contributed by atoms with Gasteiger partial charge in [-0.2, -0.15) is 0 Å². The van der Waals surface area contributed by atoms with Crippen molar-refractivity contribution in [1.82, 2.24) is 5.01 Å². The molecule has 1 saturated heterocycles. The van der Waals surface area contributed by atoms with Crippen molar-refractivity contribution in [2.24, 2.45) is 5.84 Å². The number of carboxylic acid groups (broad SMARTS) is 1. The molecule has 18 heavy (non-hydrogen) atoms. The average molecular weight is 250 g/mol. The van der Waals surface area contributed by atoms with Gasteiger partial charge in [0.05, 0.1) is 13.0 Å². The lowest BCUT2D eigenvalue weighted by atomic mass is 9.96. The molecule has 1 aromatic carbocycles. The molecule has 1 amide bonds. The minimum absolute atomic E-state index is 0.191. The molecule has 1 aliphatic heterocycles. The third-order valence-corrected chi connectivity index (χ3v) is 3.15. The number of carbonyl (C=O) groups is 2. The van der Waals surface area contributed by atoms with E-state index in [-0.39, 0.29) is 12.3 Å². The van der Waals surface area contributed by atoms with Crippen molar-refractivity contribution in [3.8, 4) is 5.75 Å². The first-order valence-corrected chi connectivity index (χ1v) is 5.49. The Labute approximate surface area is 104 Å². The van der Waals surface area contributed by atoms with Crippen molar-refractivity contribution < 1.29 is 19.4 Å². The van der Waals surface area contributed by atoms with Crippen LogP contribution in [0.2, 0.25) is 0 Å². The Balaban J connectivity index is 2.23. The Morgan fingerprint density at radius 3 is 2.50 bits per heavy atom. The molecule has 1 aromatic rings. The summed E-state index contributed by atoms with van der Waals surface area (Å²) < 4.78 is 5.02. The van der Waals surface area contributed by atoms with Crippen LogP contribution >= 0.6 is 0 Å². The second-order valence-electron chi connectivity index (χ2n) is 4.16. The van der Waals surface area contributed by atoms with Gasteiger partial charge in [-0.3, -0.25) is 9.80 Å². The van der Waals surface area contributed by atoms with E-state index in [1.165, 1.54) is 0 Å². The number of ether oxygens (including phenoxy) is 1. The molecule has 1 aliphatic rings. The molecule has 3 N–H and O–H groups in total. The number of hydrogen-bond donors (Lipinski definition) is 2. The number of benzene rings is 1. The number of rotatable bonds is 3. The van der Waals surface area contributed by atoms with Crippen molar-refractivity contribution in [3.05, 3.63) is 29.8 Å². The van der Waals surface area contributed by atoms with Gasteiger partial charge in [-0.05, 0) is 24.1 Å². The highest BCUT2D eigenvalue weighted by molar-refractivity contribution is 5.91. The van der Waals surface area contributed by atoms with E-state index in [1.807, 2.05) is 0 Å². The van der Waals surface area contributed by atoms with E-state index in [2.05, 4.69) is 0 Å². The molecule has 1 unspecified atom stereocenters. The standard InChI is InChI=1S/C12H14N2O4/c1-18-8-4-2-7(3-5-8)9-6-10(12(16)17)14(13)11(9)15/h2-5,9-10H,6,13H2,1H3,(H,16,17)/t9?,10-/m0/s1. The lowest BCUT2D eigenvalue weighted by molar-refractivity contribution is -0.146. The van der Waals surface area contributed by atoms with Gasteiger partial charge in [0.15, 0.2) is 0 Å². The fourth-order valence-electron chi connectivity index (χ4n) is 2.11. The second kappa shape index (κ2) is 4.66. The van der Waals surface area contributed by atoms with Gasteiger partial charge in [-0.15, -0.1) is 0 Å². The molecule has 1 fully saturated rings.